The monoisotopic (exact) mass is 333 g/mol. The van der Waals surface area contributed by atoms with E-state index >= 15 is 0 Å². The highest BCUT2D eigenvalue weighted by Crippen LogP contribution is 2.05. The molecule has 0 aliphatic carbocycles. The smallest absolute Gasteiger partial charge is 0.345 e. The summed E-state index contributed by atoms with van der Waals surface area (Å²) in [5, 5.41) is 2.77. The van der Waals surface area contributed by atoms with Crippen LogP contribution in [-0.2, 0) is 24.2 Å². The number of ether oxygens (including phenoxy) is 1. The second-order valence-electron chi connectivity index (χ2n) is 5.95. The van der Waals surface area contributed by atoms with Crippen molar-refractivity contribution < 1.29 is 9.53 Å². The first-order chi connectivity index (χ1) is 11.5. The summed E-state index contributed by atoms with van der Waals surface area (Å²) in [6, 6.07) is 1.62. The second kappa shape index (κ2) is 8.39. The zero-order valence-electron chi connectivity index (χ0n) is 14.2. The number of hydrogen-bond acceptors (Lipinski definition) is 5. The van der Waals surface area contributed by atoms with E-state index in [0.29, 0.717) is 37.7 Å². The molecule has 0 aromatic carbocycles. The molecule has 24 heavy (non-hydrogen) atoms. The summed E-state index contributed by atoms with van der Waals surface area (Å²) in [7, 11) is 1.63. The van der Waals surface area contributed by atoms with Crippen LogP contribution in [-0.4, -0.2) is 39.1 Å². The molecule has 0 aliphatic rings. The molecule has 2 aromatic rings. The summed E-state index contributed by atoms with van der Waals surface area (Å²) in [6.45, 7) is 5.60. The van der Waals surface area contributed by atoms with E-state index in [9.17, 15) is 9.59 Å². The Morgan fingerprint density at radius 2 is 2.25 bits per heavy atom. The third kappa shape index (κ3) is 5.02. The SMILES string of the molecule is COCCn1cncc1CNC(=O)c1cc(CC(C)C)[nH]c(=O)n1. The van der Waals surface area contributed by atoms with Crippen molar-refractivity contribution in [2.45, 2.75) is 33.4 Å². The predicted molar refractivity (Wildman–Crippen MR) is 88.7 cm³/mol. The lowest BCUT2D eigenvalue weighted by Crippen LogP contribution is -2.28. The Kier molecular flexibility index (Phi) is 6.25. The molecule has 0 bridgehead atoms. The molecular weight excluding hydrogens is 310 g/mol. The quantitative estimate of drug-likeness (QED) is 0.742. The molecule has 2 N–H and O–H groups in total. The summed E-state index contributed by atoms with van der Waals surface area (Å²) >= 11 is 0. The van der Waals surface area contributed by atoms with E-state index in [0.717, 1.165) is 5.69 Å². The fourth-order valence-corrected chi connectivity index (χ4v) is 2.32. The Labute approximate surface area is 140 Å². The van der Waals surface area contributed by atoms with E-state index in [-0.39, 0.29) is 11.6 Å². The number of carbonyl (C=O) groups excluding carboxylic acids is 1. The third-order valence-corrected chi connectivity index (χ3v) is 3.43. The second-order valence-corrected chi connectivity index (χ2v) is 5.95. The number of imidazole rings is 1. The Morgan fingerprint density at radius 3 is 2.96 bits per heavy atom. The molecule has 0 radical (unpaired) electrons. The number of amides is 1. The van der Waals surface area contributed by atoms with Gasteiger partial charge in [-0.3, -0.25) is 4.79 Å². The third-order valence-electron chi connectivity index (χ3n) is 3.43. The lowest BCUT2D eigenvalue weighted by molar-refractivity contribution is 0.0944. The van der Waals surface area contributed by atoms with Gasteiger partial charge in [0.25, 0.3) is 5.91 Å². The van der Waals surface area contributed by atoms with Crippen LogP contribution in [0.15, 0.2) is 23.4 Å². The van der Waals surface area contributed by atoms with E-state index in [1.165, 1.54) is 0 Å². The Balaban J connectivity index is 2.04. The topological polar surface area (TPSA) is 102 Å². The van der Waals surface area contributed by atoms with E-state index in [1.54, 1.807) is 25.7 Å². The van der Waals surface area contributed by atoms with Gasteiger partial charge < -0.3 is 19.6 Å². The molecular formula is C16H23N5O3. The van der Waals surface area contributed by atoms with Crippen molar-refractivity contribution in [2.24, 2.45) is 5.92 Å². The van der Waals surface area contributed by atoms with Crippen molar-refractivity contribution in [3.63, 3.8) is 0 Å². The zero-order valence-corrected chi connectivity index (χ0v) is 14.2. The molecule has 2 heterocycles. The molecule has 0 fully saturated rings. The molecule has 0 unspecified atom stereocenters. The van der Waals surface area contributed by atoms with Crippen molar-refractivity contribution >= 4 is 5.91 Å². The van der Waals surface area contributed by atoms with Gasteiger partial charge in [0.1, 0.15) is 5.69 Å². The lowest BCUT2D eigenvalue weighted by atomic mass is 10.1. The predicted octanol–water partition coefficient (Wildman–Crippen LogP) is 0.741. The van der Waals surface area contributed by atoms with Gasteiger partial charge in [0.15, 0.2) is 0 Å². The molecule has 1 amide bonds. The van der Waals surface area contributed by atoms with Crippen LogP contribution in [0.3, 0.4) is 0 Å². The first kappa shape index (κ1) is 17.9. The number of nitrogens with zero attached hydrogens (tertiary/aromatic N) is 3. The molecule has 0 saturated carbocycles. The molecule has 0 saturated heterocycles. The number of aromatic amines is 1. The Morgan fingerprint density at radius 1 is 1.46 bits per heavy atom. The van der Waals surface area contributed by atoms with Crippen molar-refractivity contribution in [2.75, 3.05) is 13.7 Å². The van der Waals surface area contributed by atoms with Crippen molar-refractivity contribution in [3.8, 4) is 0 Å². The van der Waals surface area contributed by atoms with Gasteiger partial charge in [0, 0.05) is 25.5 Å². The standard InChI is InChI=1S/C16H23N5O3/c1-11(2)6-12-7-14(20-16(23)19-12)15(22)18-9-13-8-17-10-21(13)4-5-24-3/h7-8,10-11H,4-6,9H2,1-3H3,(H,18,22)(H,19,20,23). The molecule has 8 heteroatoms. The number of rotatable bonds is 8. The lowest BCUT2D eigenvalue weighted by Gasteiger charge is -2.09. The largest absolute Gasteiger partial charge is 0.383 e. The summed E-state index contributed by atoms with van der Waals surface area (Å²) in [5.74, 6) is -0.0142. The number of nitrogens with one attached hydrogen (secondary N) is 2. The maximum Gasteiger partial charge on any atom is 0.345 e. The van der Waals surface area contributed by atoms with Crippen LogP contribution in [0.25, 0.3) is 0 Å². The number of hydrogen-bond donors (Lipinski definition) is 2. The van der Waals surface area contributed by atoms with Crippen molar-refractivity contribution in [1.29, 1.82) is 0 Å². The molecule has 2 aromatic heterocycles. The molecule has 8 nitrogen and oxygen atoms in total. The maximum atomic E-state index is 12.3. The molecule has 2 rings (SSSR count). The average Bonchev–Trinajstić information content (AvgIpc) is 2.96. The first-order valence-electron chi connectivity index (χ1n) is 7.86. The molecule has 130 valence electrons. The summed E-state index contributed by atoms with van der Waals surface area (Å²) in [5.41, 5.74) is 1.17. The number of methoxy groups -OCH3 is 1. The van der Waals surface area contributed by atoms with Crippen LogP contribution in [0.4, 0.5) is 0 Å². The number of aromatic nitrogens is 4. The van der Waals surface area contributed by atoms with Crippen molar-refractivity contribution in [3.05, 3.63) is 46.2 Å². The average molecular weight is 333 g/mol. The Hall–Kier alpha value is -2.48. The van der Waals surface area contributed by atoms with Gasteiger partial charge in [-0.15, -0.1) is 0 Å². The Bertz CT molecular complexity index is 735. The van der Waals surface area contributed by atoms with Crippen LogP contribution in [0.5, 0.6) is 0 Å². The van der Waals surface area contributed by atoms with E-state index < -0.39 is 5.69 Å². The van der Waals surface area contributed by atoms with Crippen LogP contribution in [0.1, 0.15) is 35.7 Å². The molecule has 0 aliphatic heterocycles. The van der Waals surface area contributed by atoms with Gasteiger partial charge in [-0.1, -0.05) is 13.8 Å². The highest BCUT2D eigenvalue weighted by atomic mass is 16.5. The van der Waals surface area contributed by atoms with Crippen LogP contribution >= 0.6 is 0 Å². The number of H-pyrrole nitrogens is 1. The normalized spacial score (nSPS) is 11.0. The highest BCUT2D eigenvalue weighted by Gasteiger charge is 2.12. The van der Waals surface area contributed by atoms with Gasteiger partial charge in [0.2, 0.25) is 0 Å². The van der Waals surface area contributed by atoms with Gasteiger partial charge in [-0.05, 0) is 18.4 Å². The number of carbonyl (C=O) groups is 1. The van der Waals surface area contributed by atoms with Gasteiger partial charge in [-0.2, -0.15) is 4.98 Å². The van der Waals surface area contributed by atoms with Crippen LogP contribution in [0, 0.1) is 5.92 Å². The van der Waals surface area contributed by atoms with E-state index in [4.69, 9.17) is 4.74 Å². The molecule has 0 atom stereocenters. The summed E-state index contributed by atoms with van der Waals surface area (Å²) in [6.07, 6.45) is 4.06. The molecule has 0 spiro atoms. The minimum absolute atomic E-state index is 0.123. The highest BCUT2D eigenvalue weighted by molar-refractivity contribution is 5.92. The van der Waals surface area contributed by atoms with Crippen LogP contribution < -0.4 is 11.0 Å². The minimum Gasteiger partial charge on any atom is -0.383 e. The van der Waals surface area contributed by atoms with Gasteiger partial charge in [-0.25, -0.2) is 9.78 Å². The maximum absolute atomic E-state index is 12.3. The van der Waals surface area contributed by atoms with Gasteiger partial charge >= 0.3 is 5.69 Å². The summed E-state index contributed by atoms with van der Waals surface area (Å²) < 4.78 is 6.94. The zero-order chi connectivity index (χ0) is 17.5. The van der Waals surface area contributed by atoms with Crippen molar-refractivity contribution in [1.82, 2.24) is 24.8 Å². The minimum atomic E-state index is -0.511. The van der Waals surface area contributed by atoms with Crippen LogP contribution in [0.2, 0.25) is 0 Å². The van der Waals surface area contributed by atoms with E-state index in [1.807, 2.05) is 18.4 Å². The summed E-state index contributed by atoms with van der Waals surface area (Å²) in [4.78, 5) is 34.4. The first-order valence-corrected chi connectivity index (χ1v) is 7.86. The van der Waals surface area contributed by atoms with Gasteiger partial charge in [0.05, 0.1) is 25.2 Å². The fraction of sp³-hybridized carbons (Fsp3) is 0.500. The fourth-order valence-electron chi connectivity index (χ4n) is 2.32. The van der Waals surface area contributed by atoms with E-state index in [2.05, 4.69) is 20.3 Å².